The molecule has 3 heterocycles. The molecule has 37 heavy (non-hydrogen) atoms. The van der Waals surface area contributed by atoms with Gasteiger partial charge < -0.3 is 14.8 Å². The van der Waals surface area contributed by atoms with Gasteiger partial charge in [-0.3, -0.25) is 9.71 Å². The number of hydrogen-bond donors (Lipinski definition) is 2. The van der Waals surface area contributed by atoms with Crippen LogP contribution in [0, 0.1) is 13.8 Å². The maximum Gasteiger partial charge on any atom is 0.229 e. The molecule has 2 aromatic heterocycles. The molecule has 0 bridgehead atoms. The second-order valence-corrected chi connectivity index (χ2v) is 11.6. The van der Waals surface area contributed by atoms with Crippen LogP contribution in [-0.4, -0.2) is 29.3 Å². The highest BCUT2D eigenvalue weighted by molar-refractivity contribution is 7.92. The van der Waals surface area contributed by atoms with Crippen molar-refractivity contribution in [2.75, 3.05) is 15.9 Å². The fourth-order valence-electron chi connectivity index (χ4n) is 4.94. The van der Waals surface area contributed by atoms with E-state index in [9.17, 15) is 8.42 Å². The summed E-state index contributed by atoms with van der Waals surface area (Å²) in [6.45, 7) is 4.14. The minimum Gasteiger partial charge on any atom is -0.351 e. The molecule has 1 aliphatic rings. The third-order valence-corrected chi connectivity index (χ3v) is 7.67. The summed E-state index contributed by atoms with van der Waals surface area (Å²) >= 11 is 12.4. The summed E-state index contributed by atoms with van der Waals surface area (Å²) in [6.07, 6.45) is 2.90. The Morgan fingerprint density at radius 1 is 1.03 bits per heavy atom. The average Bonchev–Trinajstić information content (AvgIpc) is 3.35. The molecular weight excluding hydrogens is 526 g/mol. The van der Waals surface area contributed by atoms with Gasteiger partial charge in [-0.2, -0.15) is 0 Å². The van der Waals surface area contributed by atoms with Gasteiger partial charge in [0, 0.05) is 29.0 Å². The predicted molar refractivity (Wildman–Crippen MR) is 153 cm³/mol. The second-order valence-electron chi connectivity index (χ2n) is 9.03. The standard InChI is InChI=1S/C27H26ClN5O2S2/c1-17-16-21(18(2)32(17)24-10-5-4-8-22(24)28)26-25(23-9-6-7-15-29-23)30-27(36)33(26)20-13-11-19(12-14-20)31-37(3,34)35/h4-16,25-26,31H,1-3H3,(H,30,36)/t25-,26-/m0/s1. The SMILES string of the molecule is Cc1cc([C@H]2[C@H](c3ccccn3)NC(=S)N2c2ccc(NS(C)(=O)=O)cc2)c(C)n1-c1ccccc1Cl. The quantitative estimate of drug-likeness (QED) is 0.300. The Balaban J connectivity index is 1.64. The van der Waals surface area contributed by atoms with Crippen LogP contribution in [0.3, 0.4) is 0 Å². The molecule has 2 aromatic carbocycles. The van der Waals surface area contributed by atoms with Crippen LogP contribution >= 0.6 is 23.8 Å². The van der Waals surface area contributed by atoms with E-state index >= 15 is 0 Å². The fourth-order valence-corrected chi connectivity index (χ4v) is 6.07. The molecule has 2 N–H and O–H groups in total. The summed E-state index contributed by atoms with van der Waals surface area (Å²) in [6, 6.07) is 22.6. The van der Waals surface area contributed by atoms with Gasteiger partial charge >= 0.3 is 0 Å². The molecule has 1 saturated heterocycles. The molecule has 1 aliphatic heterocycles. The van der Waals surface area contributed by atoms with Gasteiger partial charge in [0.2, 0.25) is 10.0 Å². The summed E-state index contributed by atoms with van der Waals surface area (Å²) in [5.74, 6) is 0. The molecule has 1 fully saturated rings. The average molecular weight is 552 g/mol. The Morgan fingerprint density at radius 3 is 2.38 bits per heavy atom. The van der Waals surface area contributed by atoms with Crippen molar-refractivity contribution in [1.29, 1.82) is 0 Å². The lowest BCUT2D eigenvalue weighted by atomic mass is 9.96. The Bertz CT molecular complexity index is 1570. The zero-order valence-corrected chi connectivity index (χ0v) is 22.9. The Hall–Kier alpha value is -3.40. The highest BCUT2D eigenvalue weighted by Gasteiger charge is 2.42. The molecule has 0 radical (unpaired) electrons. The van der Waals surface area contributed by atoms with Crippen LogP contribution in [0.2, 0.25) is 5.02 Å². The maximum atomic E-state index is 11.7. The lowest BCUT2D eigenvalue weighted by Crippen LogP contribution is -2.29. The highest BCUT2D eigenvalue weighted by Crippen LogP contribution is 2.44. The number of sulfonamides is 1. The number of thiocarbonyl (C=S) groups is 1. The number of nitrogens with one attached hydrogen (secondary N) is 2. The molecule has 10 heteroatoms. The largest absolute Gasteiger partial charge is 0.351 e. The zero-order valence-electron chi connectivity index (χ0n) is 20.5. The number of nitrogens with zero attached hydrogens (tertiary/aromatic N) is 3. The number of benzene rings is 2. The van der Waals surface area contributed by atoms with Crippen LogP contribution in [0.5, 0.6) is 0 Å². The molecule has 0 spiro atoms. The van der Waals surface area contributed by atoms with Crippen molar-refractivity contribution in [3.05, 3.63) is 107 Å². The van der Waals surface area contributed by atoms with E-state index in [-0.39, 0.29) is 12.1 Å². The number of aryl methyl sites for hydroxylation is 1. The number of aromatic nitrogens is 2. The van der Waals surface area contributed by atoms with Gasteiger partial charge in [0.1, 0.15) is 0 Å². The first-order valence-corrected chi connectivity index (χ1v) is 14.3. The van der Waals surface area contributed by atoms with E-state index in [1.807, 2.05) is 54.6 Å². The smallest absolute Gasteiger partial charge is 0.229 e. The molecule has 2 atom stereocenters. The van der Waals surface area contributed by atoms with E-state index in [2.05, 4.69) is 44.4 Å². The first-order chi connectivity index (χ1) is 17.6. The van der Waals surface area contributed by atoms with Crippen molar-refractivity contribution in [2.24, 2.45) is 0 Å². The van der Waals surface area contributed by atoms with Crippen molar-refractivity contribution < 1.29 is 8.42 Å². The molecule has 7 nitrogen and oxygen atoms in total. The molecule has 0 amide bonds. The maximum absolute atomic E-state index is 11.7. The number of para-hydroxylation sites is 1. The Morgan fingerprint density at radius 2 is 1.73 bits per heavy atom. The van der Waals surface area contributed by atoms with Gasteiger partial charge in [-0.15, -0.1) is 0 Å². The van der Waals surface area contributed by atoms with Gasteiger partial charge in [0.05, 0.1) is 34.7 Å². The molecule has 0 unspecified atom stereocenters. The topological polar surface area (TPSA) is 79.3 Å². The summed E-state index contributed by atoms with van der Waals surface area (Å²) < 4.78 is 28.0. The minimum absolute atomic E-state index is 0.206. The third kappa shape index (κ3) is 4.94. The van der Waals surface area contributed by atoms with Crippen LogP contribution in [0.15, 0.2) is 79.0 Å². The van der Waals surface area contributed by atoms with E-state index in [1.54, 1.807) is 18.3 Å². The van der Waals surface area contributed by atoms with Gasteiger partial charge in [-0.05, 0) is 86.2 Å². The normalized spacial score (nSPS) is 17.6. The van der Waals surface area contributed by atoms with E-state index in [4.69, 9.17) is 23.8 Å². The lowest BCUT2D eigenvalue weighted by molar-refractivity contribution is 0.565. The van der Waals surface area contributed by atoms with Gasteiger partial charge in [-0.1, -0.05) is 29.8 Å². The van der Waals surface area contributed by atoms with Crippen LogP contribution < -0.4 is 14.9 Å². The zero-order chi connectivity index (χ0) is 26.3. The molecular formula is C27H26ClN5O2S2. The minimum atomic E-state index is -3.38. The predicted octanol–water partition coefficient (Wildman–Crippen LogP) is 5.69. The first kappa shape index (κ1) is 25.3. The van der Waals surface area contributed by atoms with Gasteiger partial charge in [-0.25, -0.2) is 8.42 Å². The number of anilines is 2. The highest BCUT2D eigenvalue weighted by atomic mass is 35.5. The molecule has 5 rings (SSSR count). The van der Waals surface area contributed by atoms with Crippen molar-refractivity contribution in [1.82, 2.24) is 14.9 Å². The number of pyridine rings is 1. The summed E-state index contributed by atoms with van der Waals surface area (Å²) in [4.78, 5) is 6.70. The number of hydrogen-bond acceptors (Lipinski definition) is 4. The van der Waals surface area contributed by atoms with Crippen LogP contribution in [0.1, 0.15) is 34.7 Å². The number of halogens is 1. The van der Waals surface area contributed by atoms with Crippen molar-refractivity contribution >= 4 is 50.3 Å². The first-order valence-electron chi connectivity index (χ1n) is 11.7. The molecule has 190 valence electrons. The van der Waals surface area contributed by atoms with E-state index < -0.39 is 10.0 Å². The summed E-state index contributed by atoms with van der Waals surface area (Å²) in [5.41, 5.74) is 6.28. The molecule has 0 saturated carbocycles. The second kappa shape index (κ2) is 9.81. The van der Waals surface area contributed by atoms with Crippen molar-refractivity contribution in [3.8, 4) is 5.69 Å². The van der Waals surface area contributed by atoms with Crippen LogP contribution in [0.25, 0.3) is 5.69 Å². The van der Waals surface area contributed by atoms with Gasteiger partial charge in [0.15, 0.2) is 5.11 Å². The number of rotatable bonds is 6. The van der Waals surface area contributed by atoms with Crippen molar-refractivity contribution in [3.63, 3.8) is 0 Å². The van der Waals surface area contributed by atoms with Crippen LogP contribution in [-0.2, 0) is 10.0 Å². The third-order valence-electron chi connectivity index (χ3n) is 6.43. The molecule has 4 aromatic rings. The van der Waals surface area contributed by atoms with E-state index in [0.717, 1.165) is 40.3 Å². The summed E-state index contributed by atoms with van der Waals surface area (Å²) in [5, 5.41) is 4.71. The van der Waals surface area contributed by atoms with Crippen molar-refractivity contribution in [2.45, 2.75) is 25.9 Å². The Kier molecular flexibility index (Phi) is 6.70. The lowest BCUT2D eigenvalue weighted by Gasteiger charge is -2.28. The fraction of sp³-hybridized carbons (Fsp3) is 0.185. The monoisotopic (exact) mass is 551 g/mol. The van der Waals surface area contributed by atoms with E-state index in [0.29, 0.717) is 15.8 Å². The molecule has 0 aliphatic carbocycles. The van der Waals surface area contributed by atoms with Gasteiger partial charge in [0.25, 0.3) is 0 Å². The van der Waals surface area contributed by atoms with Crippen LogP contribution in [0.4, 0.5) is 11.4 Å². The Labute approximate surface area is 227 Å². The van der Waals surface area contributed by atoms with E-state index in [1.165, 1.54) is 0 Å². The summed E-state index contributed by atoms with van der Waals surface area (Å²) in [7, 11) is -3.38.